The van der Waals surface area contributed by atoms with Crippen LogP contribution >= 0.6 is 0 Å². The molecule has 2 aromatic heterocycles. The van der Waals surface area contributed by atoms with Crippen molar-refractivity contribution in [2.24, 2.45) is 0 Å². The van der Waals surface area contributed by atoms with E-state index in [1.54, 1.807) is 18.1 Å². The Balaban J connectivity index is 1.34. The van der Waals surface area contributed by atoms with E-state index in [2.05, 4.69) is 25.2 Å². The molecule has 1 saturated heterocycles. The van der Waals surface area contributed by atoms with Crippen LogP contribution < -0.4 is 9.64 Å². The van der Waals surface area contributed by atoms with Crippen molar-refractivity contribution in [3.05, 3.63) is 54.6 Å². The van der Waals surface area contributed by atoms with Crippen molar-refractivity contribution in [3.8, 4) is 11.6 Å². The van der Waals surface area contributed by atoms with Gasteiger partial charge >= 0.3 is 0 Å². The van der Waals surface area contributed by atoms with Gasteiger partial charge in [0.1, 0.15) is 18.4 Å². The minimum absolute atomic E-state index is 0.108. The van der Waals surface area contributed by atoms with Crippen LogP contribution in [0.25, 0.3) is 5.82 Å². The number of aromatic nitrogens is 5. The number of ether oxygens (including phenoxy) is 1. The second-order valence-electron chi connectivity index (χ2n) is 6.45. The van der Waals surface area contributed by atoms with Gasteiger partial charge in [0.05, 0.1) is 13.5 Å². The van der Waals surface area contributed by atoms with Gasteiger partial charge in [-0.15, -0.1) is 10.2 Å². The van der Waals surface area contributed by atoms with Gasteiger partial charge in [-0.1, -0.05) is 18.2 Å². The molecule has 3 heterocycles. The van der Waals surface area contributed by atoms with Crippen molar-refractivity contribution in [1.82, 2.24) is 29.9 Å². The van der Waals surface area contributed by atoms with Crippen LogP contribution in [0, 0.1) is 0 Å². The quantitative estimate of drug-likeness (QED) is 0.652. The summed E-state index contributed by atoms with van der Waals surface area (Å²) in [5, 5.41) is 12.5. The molecule has 0 saturated carbocycles. The lowest BCUT2D eigenvalue weighted by Gasteiger charge is -2.35. The normalized spacial score (nSPS) is 14.2. The van der Waals surface area contributed by atoms with Crippen LogP contribution in [0.4, 0.5) is 5.82 Å². The van der Waals surface area contributed by atoms with Gasteiger partial charge in [-0.25, -0.2) is 9.67 Å². The molecule has 0 spiro atoms. The second-order valence-corrected chi connectivity index (χ2v) is 6.45. The van der Waals surface area contributed by atoms with Gasteiger partial charge in [-0.05, 0) is 18.2 Å². The number of rotatable bonds is 5. The van der Waals surface area contributed by atoms with Gasteiger partial charge in [-0.2, -0.15) is 5.10 Å². The average molecular weight is 379 g/mol. The highest BCUT2D eigenvalue weighted by Gasteiger charge is 2.23. The predicted molar refractivity (Wildman–Crippen MR) is 102 cm³/mol. The van der Waals surface area contributed by atoms with E-state index in [9.17, 15) is 4.79 Å². The minimum atomic E-state index is 0.108. The van der Waals surface area contributed by atoms with Gasteiger partial charge in [0.15, 0.2) is 11.6 Å². The summed E-state index contributed by atoms with van der Waals surface area (Å²) in [6, 6.07) is 11.4. The largest absolute Gasteiger partial charge is 0.496 e. The SMILES string of the molecule is COc1ccccc1CC(=O)N1CCN(c2ccc(-n3cncn3)nn2)CC1. The molecule has 0 N–H and O–H groups in total. The molecule has 0 radical (unpaired) electrons. The molecule has 4 rings (SSSR count). The van der Waals surface area contributed by atoms with Gasteiger partial charge < -0.3 is 14.5 Å². The van der Waals surface area contributed by atoms with Crippen LogP contribution in [0.15, 0.2) is 49.1 Å². The molecule has 9 nitrogen and oxygen atoms in total. The van der Waals surface area contributed by atoms with Crippen LogP contribution in [-0.4, -0.2) is 69.1 Å². The molecule has 1 amide bonds. The number of hydrogen-bond donors (Lipinski definition) is 0. The Labute approximate surface area is 162 Å². The molecule has 9 heteroatoms. The molecule has 3 aromatic rings. The number of nitrogens with zero attached hydrogens (tertiary/aromatic N) is 7. The minimum Gasteiger partial charge on any atom is -0.496 e. The second kappa shape index (κ2) is 8.03. The Morgan fingerprint density at radius 2 is 1.79 bits per heavy atom. The monoisotopic (exact) mass is 379 g/mol. The maximum atomic E-state index is 12.7. The summed E-state index contributed by atoms with van der Waals surface area (Å²) in [7, 11) is 1.62. The number of amides is 1. The summed E-state index contributed by atoms with van der Waals surface area (Å²) in [4.78, 5) is 20.6. The molecule has 1 aliphatic heterocycles. The van der Waals surface area contributed by atoms with Crippen LogP contribution in [0.3, 0.4) is 0 Å². The van der Waals surface area contributed by atoms with E-state index in [1.165, 1.54) is 6.33 Å². The number of methoxy groups -OCH3 is 1. The Morgan fingerprint density at radius 3 is 2.46 bits per heavy atom. The molecular formula is C19H21N7O2. The molecule has 1 fully saturated rings. The number of carbonyl (C=O) groups is 1. The maximum absolute atomic E-state index is 12.7. The van der Waals surface area contributed by atoms with Crippen LogP contribution in [0.1, 0.15) is 5.56 Å². The third-order valence-electron chi connectivity index (χ3n) is 4.78. The molecular weight excluding hydrogens is 358 g/mol. The highest BCUT2D eigenvalue weighted by atomic mass is 16.5. The van der Waals surface area contributed by atoms with E-state index in [1.807, 2.05) is 41.3 Å². The first-order valence-electron chi connectivity index (χ1n) is 9.08. The van der Waals surface area contributed by atoms with Gasteiger partial charge in [0, 0.05) is 31.7 Å². The third-order valence-corrected chi connectivity index (χ3v) is 4.78. The number of anilines is 1. The fourth-order valence-corrected chi connectivity index (χ4v) is 3.24. The van der Waals surface area contributed by atoms with Crippen LogP contribution in [0.2, 0.25) is 0 Å². The maximum Gasteiger partial charge on any atom is 0.227 e. The molecule has 144 valence electrons. The Kier molecular flexibility index (Phi) is 5.14. The standard InChI is InChI=1S/C19H21N7O2/c1-28-16-5-3-2-4-15(16)12-19(27)25-10-8-24(9-11-25)17-6-7-18(23-22-17)26-14-20-13-21-26/h2-7,13-14H,8-12H2,1H3. The van der Waals surface area contributed by atoms with E-state index in [0.29, 0.717) is 25.3 Å². The summed E-state index contributed by atoms with van der Waals surface area (Å²) in [6.45, 7) is 2.74. The summed E-state index contributed by atoms with van der Waals surface area (Å²) < 4.78 is 6.90. The van der Waals surface area contributed by atoms with Crippen molar-refractivity contribution in [2.75, 3.05) is 38.2 Å². The van der Waals surface area contributed by atoms with E-state index in [4.69, 9.17) is 4.74 Å². The Hall–Kier alpha value is -3.49. The highest BCUT2D eigenvalue weighted by molar-refractivity contribution is 5.79. The smallest absolute Gasteiger partial charge is 0.227 e. The number of piperazine rings is 1. The van der Waals surface area contributed by atoms with E-state index >= 15 is 0 Å². The topological polar surface area (TPSA) is 89.3 Å². The number of benzene rings is 1. The van der Waals surface area contributed by atoms with Gasteiger partial charge in [0.2, 0.25) is 5.91 Å². The molecule has 1 aliphatic rings. The number of para-hydroxylation sites is 1. The zero-order valence-corrected chi connectivity index (χ0v) is 15.6. The van der Waals surface area contributed by atoms with Crippen LogP contribution in [0.5, 0.6) is 5.75 Å². The summed E-state index contributed by atoms with van der Waals surface area (Å²) in [5.41, 5.74) is 0.909. The fraction of sp³-hybridized carbons (Fsp3) is 0.316. The van der Waals surface area contributed by atoms with Crippen molar-refractivity contribution >= 4 is 11.7 Å². The summed E-state index contributed by atoms with van der Waals surface area (Å²) >= 11 is 0. The van der Waals surface area contributed by atoms with E-state index in [-0.39, 0.29) is 5.91 Å². The van der Waals surface area contributed by atoms with Crippen molar-refractivity contribution in [2.45, 2.75) is 6.42 Å². The Morgan fingerprint density at radius 1 is 1.04 bits per heavy atom. The van der Waals surface area contributed by atoms with Crippen molar-refractivity contribution < 1.29 is 9.53 Å². The first kappa shape index (κ1) is 17.9. The molecule has 0 bridgehead atoms. The summed E-state index contributed by atoms with van der Waals surface area (Å²) in [6.07, 6.45) is 3.38. The Bertz CT molecular complexity index is 920. The third kappa shape index (κ3) is 3.78. The molecule has 28 heavy (non-hydrogen) atoms. The number of hydrogen-bond acceptors (Lipinski definition) is 7. The van der Waals surface area contributed by atoms with Crippen molar-refractivity contribution in [1.29, 1.82) is 0 Å². The first-order chi connectivity index (χ1) is 13.7. The van der Waals surface area contributed by atoms with Crippen LogP contribution in [-0.2, 0) is 11.2 Å². The summed E-state index contributed by atoms with van der Waals surface area (Å²) in [5.74, 6) is 2.27. The zero-order chi connectivity index (χ0) is 19.3. The molecule has 1 aromatic carbocycles. The van der Waals surface area contributed by atoms with Gasteiger partial charge in [-0.3, -0.25) is 4.79 Å². The van der Waals surface area contributed by atoms with Crippen molar-refractivity contribution in [3.63, 3.8) is 0 Å². The lowest BCUT2D eigenvalue weighted by molar-refractivity contribution is -0.130. The molecule has 0 aliphatic carbocycles. The predicted octanol–water partition coefficient (Wildman–Crippen LogP) is 0.957. The fourth-order valence-electron chi connectivity index (χ4n) is 3.24. The molecule has 0 atom stereocenters. The average Bonchev–Trinajstić information content (AvgIpc) is 3.29. The zero-order valence-electron chi connectivity index (χ0n) is 15.6. The van der Waals surface area contributed by atoms with E-state index < -0.39 is 0 Å². The lowest BCUT2D eigenvalue weighted by Crippen LogP contribution is -2.49. The highest BCUT2D eigenvalue weighted by Crippen LogP contribution is 2.19. The van der Waals surface area contributed by atoms with Gasteiger partial charge in [0.25, 0.3) is 0 Å². The van der Waals surface area contributed by atoms with E-state index in [0.717, 1.165) is 30.2 Å². The first-order valence-corrected chi connectivity index (χ1v) is 9.08. The molecule has 0 unspecified atom stereocenters. The number of carbonyl (C=O) groups excluding carboxylic acids is 1. The lowest BCUT2D eigenvalue weighted by atomic mass is 10.1.